The van der Waals surface area contributed by atoms with Crippen LogP contribution in [0.4, 0.5) is 0 Å². The molecule has 0 spiro atoms. The molecule has 6 heteroatoms. The van der Waals surface area contributed by atoms with Crippen LogP contribution in [0.5, 0.6) is 0 Å². The van der Waals surface area contributed by atoms with Gasteiger partial charge in [0.2, 0.25) is 5.91 Å². The van der Waals surface area contributed by atoms with Crippen molar-refractivity contribution < 1.29 is 4.79 Å². The van der Waals surface area contributed by atoms with Gasteiger partial charge in [-0.05, 0) is 18.1 Å². The Kier molecular flexibility index (Phi) is 3.84. The number of nitrogens with two attached hydrogens (primary N) is 1. The van der Waals surface area contributed by atoms with Gasteiger partial charge in [-0.3, -0.25) is 19.1 Å². The topological polar surface area (TPSA) is 97.9 Å². The van der Waals surface area contributed by atoms with Crippen molar-refractivity contribution in [3.8, 4) is 0 Å². The second-order valence-corrected chi connectivity index (χ2v) is 4.42. The van der Waals surface area contributed by atoms with E-state index in [2.05, 4.69) is 4.98 Å². The summed E-state index contributed by atoms with van der Waals surface area (Å²) in [6.45, 7) is 2.01. The summed E-state index contributed by atoms with van der Waals surface area (Å²) in [6.07, 6.45) is 2.03. The molecule has 0 aliphatic carbocycles. The van der Waals surface area contributed by atoms with Gasteiger partial charge in [0.25, 0.3) is 5.56 Å². The van der Waals surface area contributed by atoms with Gasteiger partial charge in [-0.25, -0.2) is 4.79 Å². The standard InChI is InChI=1S/C14H15N3O3/c1-2-9-7-17(14(20)16-13(9)19)8-10-5-3-4-6-11(10)12(15)18/h3-7H,2,8H2,1H3,(H2,15,18)(H,16,19,20). The molecule has 6 nitrogen and oxygen atoms in total. The molecule has 104 valence electrons. The lowest BCUT2D eigenvalue weighted by molar-refractivity contribution is 0.0999. The fourth-order valence-electron chi connectivity index (χ4n) is 2.01. The first-order chi connectivity index (χ1) is 9.52. The lowest BCUT2D eigenvalue weighted by Gasteiger charge is -2.09. The molecule has 1 heterocycles. The lowest BCUT2D eigenvalue weighted by atomic mass is 10.1. The predicted octanol–water partition coefficient (Wildman–Crippen LogP) is 0.246. The SMILES string of the molecule is CCc1cn(Cc2ccccc2C(N)=O)c(=O)[nH]c1=O. The predicted molar refractivity (Wildman–Crippen MR) is 74.8 cm³/mol. The van der Waals surface area contributed by atoms with E-state index in [1.807, 2.05) is 6.92 Å². The van der Waals surface area contributed by atoms with Crippen molar-refractivity contribution in [2.45, 2.75) is 19.9 Å². The van der Waals surface area contributed by atoms with Gasteiger partial charge in [0.15, 0.2) is 0 Å². The van der Waals surface area contributed by atoms with Crippen LogP contribution >= 0.6 is 0 Å². The normalized spacial score (nSPS) is 10.4. The first kappa shape index (κ1) is 13.8. The van der Waals surface area contributed by atoms with Crippen molar-refractivity contribution in [1.29, 1.82) is 0 Å². The molecule has 0 radical (unpaired) electrons. The van der Waals surface area contributed by atoms with E-state index in [0.29, 0.717) is 23.1 Å². The van der Waals surface area contributed by atoms with E-state index in [4.69, 9.17) is 5.73 Å². The molecule has 2 aromatic rings. The first-order valence-corrected chi connectivity index (χ1v) is 6.23. The van der Waals surface area contributed by atoms with Crippen molar-refractivity contribution in [2.24, 2.45) is 5.73 Å². The van der Waals surface area contributed by atoms with Crippen LogP contribution in [0.15, 0.2) is 40.1 Å². The summed E-state index contributed by atoms with van der Waals surface area (Å²) in [5.41, 5.74) is 5.93. The number of aromatic nitrogens is 2. The third-order valence-electron chi connectivity index (χ3n) is 3.09. The highest BCUT2D eigenvalue weighted by Crippen LogP contribution is 2.09. The molecule has 20 heavy (non-hydrogen) atoms. The molecule has 0 bridgehead atoms. The summed E-state index contributed by atoms with van der Waals surface area (Å²) in [4.78, 5) is 36.9. The molecule has 0 atom stereocenters. The Labute approximate surface area is 114 Å². The summed E-state index contributed by atoms with van der Waals surface area (Å²) in [7, 11) is 0. The summed E-state index contributed by atoms with van der Waals surface area (Å²) in [6, 6.07) is 6.80. The number of hydrogen-bond donors (Lipinski definition) is 2. The molecule has 0 aliphatic heterocycles. The van der Waals surface area contributed by atoms with Crippen molar-refractivity contribution in [2.75, 3.05) is 0 Å². The van der Waals surface area contributed by atoms with Gasteiger partial charge in [-0.1, -0.05) is 25.1 Å². The first-order valence-electron chi connectivity index (χ1n) is 6.23. The van der Waals surface area contributed by atoms with E-state index in [-0.39, 0.29) is 12.1 Å². The van der Waals surface area contributed by atoms with Crippen LogP contribution in [0.1, 0.15) is 28.4 Å². The molecule has 0 fully saturated rings. The fraction of sp³-hybridized carbons (Fsp3) is 0.214. The maximum Gasteiger partial charge on any atom is 0.328 e. The molecule has 1 aromatic heterocycles. The van der Waals surface area contributed by atoms with Crippen LogP contribution in [-0.4, -0.2) is 15.5 Å². The number of primary amides is 1. The number of aryl methyl sites for hydroxylation is 1. The summed E-state index contributed by atoms with van der Waals surface area (Å²) < 4.78 is 1.36. The summed E-state index contributed by atoms with van der Waals surface area (Å²) in [5, 5.41) is 0. The van der Waals surface area contributed by atoms with E-state index in [0.717, 1.165) is 0 Å². The summed E-state index contributed by atoms with van der Waals surface area (Å²) in [5.74, 6) is -0.547. The van der Waals surface area contributed by atoms with Gasteiger partial charge < -0.3 is 5.73 Å². The number of carbonyl (C=O) groups excluding carboxylic acids is 1. The van der Waals surface area contributed by atoms with Crippen molar-refractivity contribution >= 4 is 5.91 Å². The Bertz CT molecular complexity index is 759. The van der Waals surface area contributed by atoms with Gasteiger partial charge in [0.1, 0.15) is 0 Å². The minimum Gasteiger partial charge on any atom is -0.366 e. The van der Waals surface area contributed by atoms with E-state index < -0.39 is 11.6 Å². The van der Waals surface area contributed by atoms with Gasteiger partial charge >= 0.3 is 5.69 Å². The van der Waals surface area contributed by atoms with E-state index in [1.165, 1.54) is 10.8 Å². The number of carbonyl (C=O) groups is 1. The highest BCUT2D eigenvalue weighted by molar-refractivity contribution is 5.94. The molecule has 0 saturated heterocycles. The second-order valence-electron chi connectivity index (χ2n) is 4.42. The zero-order chi connectivity index (χ0) is 14.7. The second kappa shape index (κ2) is 5.56. The monoisotopic (exact) mass is 273 g/mol. The maximum absolute atomic E-state index is 11.8. The maximum atomic E-state index is 11.8. The zero-order valence-corrected chi connectivity index (χ0v) is 11.1. The smallest absolute Gasteiger partial charge is 0.328 e. The Morgan fingerprint density at radius 1 is 1.25 bits per heavy atom. The Morgan fingerprint density at radius 3 is 2.60 bits per heavy atom. The molecule has 2 rings (SSSR count). The average Bonchev–Trinajstić information content (AvgIpc) is 2.42. The quantitative estimate of drug-likeness (QED) is 0.835. The number of hydrogen-bond acceptors (Lipinski definition) is 3. The van der Waals surface area contributed by atoms with Gasteiger partial charge in [0, 0.05) is 17.3 Å². The number of rotatable bonds is 4. The van der Waals surface area contributed by atoms with Gasteiger partial charge in [-0.2, -0.15) is 0 Å². The highest BCUT2D eigenvalue weighted by Gasteiger charge is 2.09. The molecule has 0 aliphatic rings. The Balaban J connectivity index is 2.48. The number of nitrogens with zero attached hydrogens (tertiary/aromatic N) is 1. The fourth-order valence-corrected chi connectivity index (χ4v) is 2.01. The minimum atomic E-state index is -0.547. The third kappa shape index (κ3) is 2.69. The molecular formula is C14H15N3O3. The molecule has 0 saturated carbocycles. The van der Waals surface area contributed by atoms with Crippen LogP contribution < -0.4 is 17.0 Å². The van der Waals surface area contributed by atoms with E-state index in [9.17, 15) is 14.4 Å². The highest BCUT2D eigenvalue weighted by atomic mass is 16.2. The summed E-state index contributed by atoms with van der Waals surface area (Å²) >= 11 is 0. The van der Waals surface area contributed by atoms with Crippen LogP contribution in [0, 0.1) is 0 Å². The lowest BCUT2D eigenvalue weighted by Crippen LogP contribution is -2.32. The van der Waals surface area contributed by atoms with Crippen molar-refractivity contribution in [3.63, 3.8) is 0 Å². The van der Waals surface area contributed by atoms with Crippen LogP contribution in [0.25, 0.3) is 0 Å². The molecular weight excluding hydrogens is 258 g/mol. The van der Waals surface area contributed by atoms with Crippen LogP contribution in [0.2, 0.25) is 0 Å². The van der Waals surface area contributed by atoms with Crippen molar-refractivity contribution in [1.82, 2.24) is 9.55 Å². The van der Waals surface area contributed by atoms with Crippen molar-refractivity contribution in [3.05, 3.63) is 68.0 Å². The van der Waals surface area contributed by atoms with Gasteiger partial charge in [-0.15, -0.1) is 0 Å². The largest absolute Gasteiger partial charge is 0.366 e. The van der Waals surface area contributed by atoms with E-state index >= 15 is 0 Å². The number of benzene rings is 1. The molecule has 1 aromatic carbocycles. The van der Waals surface area contributed by atoms with Crippen LogP contribution in [-0.2, 0) is 13.0 Å². The minimum absolute atomic E-state index is 0.182. The molecule has 1 amide bonds. The van der Waals surface area contributed by atoms with E-state index in [1.54, 1.807) is 24.3 Å². The van der Waals surface area contributed by atoms with Crippen LogP contribution in [0.3, 0.4) is 0 Å². The number of amides is 1. The third-order valence-corrected chi connectivity index (χ3v) is 3.09. The molecule has 0 unspecified atom stereocenters. The molecule has 3 N–H and O–H groups in total. The zero-order valence-electron chi connectivity index (χ0n) is 11.1. The Morgan fingerprint density at radius 2 is 1.95 bits per heavy atom. The number of nitrogens with one attached hydrogen (secondary N) is 1. The number of aromatic amines is 1. The average molecular weight is 273 g/mol. The Hall–Kier alpha value is -2.63. The van der Waals surface area contributed by atoms with Gasteiger partial charge in [0.05, 0.1) is 6.54 Å². The number of H-pyrrole nitrogens is 1.